The lowest BCUT2D eigenvalue weighted by Crippen LogP contribution is -2.36. The molecular formula is C13H20N6O. The van der Waals surface area contributed by atoms with Crippen LogP contribution in [0.2, 0.25) is 0 Å². The lowest BCUT2D eigenvalue weighted by molar-refractivity contribution is 0.537. The summed E-state index contributed by atoms with van der Waals surface area (Å²) >= 11 is 0. The molecule has 0 aliphatic heterocycles. The van der Waals surface area contributed by atoms with Crippen molar-refractivity contribution in [1.29, 1.82) is 5.26 Å². The van der Waals surface area contributed by atoms with Crippen molar-refractivity contribution in [2.75, 3.05) is 13.1 Å². The Labute approximate surface area is 118 Å². The van der Waals surface area contributed by atoms with E-state index in [-0.39, 0.29) is 5.56 Å². The topological polar surface area (TPSA) is 95.1 Å². The van der Waals surface area contributed by atoms with E-state index in [1.54, 1.807) is 6.07 Å². The molecule has 7 nitrogen and oxygen atoms in total. The minimum absolute atomic E-state index is 0.106. The van der Waals surface area contributed by atoms with Gasteiger partial charge in [0.1, 0.15) is 0 Å². The molecule has 7 heteroatoms. The van der Waals surface area contributed by atoms with Crippen LogP contribution in [-0.2, 0) is 6.54 Å². The fraction of sp³-hybridized carbons (Fsp3) is 0.538. The summed E-state index contributed by atoms with van der Waals surface area (Å²) in [6, 6.07) is 3.21. The molecule has 0 saturated carbocycles. The molecule has 1 aromatic rings. The molecule has 0 aliphatic rings. The Balaban J connectivity index is 2.42. The summed E-state index contributed by atoms with van der Waals surface area (Å²) in [5.41, 5.74) is 0.708. The zero-order valence-electron chi connectivity index (χ0n) is 11.9. The van der Waals surface area contributed by atoms with Crippen molar-refractivity contribution in [2.45, 2.75) is 33.2 Å². The molecule has 20 heavy (non-hydrogen) atoms. The average molecular weight is 276 g/mol. The molecule has 0 bridgehead atoms. The van der Waals surface area contributed by atoms with Crippen molar-refractivity contribution in [1.82, 2.24) is 20.4 Å². The summed E-state index contributed by atoms with van der Waals surface area (Å²) in [7, 11) is 0. The second-order valence-electron chi connectivity index (χ2n) is 4.28. The molecule has 0 amide bonds. The van der Waals surface area contributed by atoms with E-state index >= 15 is 0 Å². The van der Waals surface area contributed by atoms with Crippen molar-refractivity contribution in [2.24, 2.45) is 4.99 Å². The van der Waals surface area contributed by atoms with Gasteiger partial charge < -0.3 is 5.32 Å². The van der Waals surface area contributed by atoms with E-state index in [0.29, 0.717) is 32.0 Å². The normalized spacial score (nSPS) is 10.9. The maximum absolute atomic E-state index is 11.5. The van der Waals surface area contributed by atoms with Gasteiger partial charge in [0.2, 0.25) is 5.96 Å². The lowest BCUT2D eigenvalue weighted by Gasteiger charge is -2.08. The standard InChI is InChI=1S/C13H20N6O/c1-3-7-15-13(17-10-14)16-8-4-9-19-12(20)6-5-11(2)18-19/h5-6H,3-4,7-9H2,1-2H3,(H2,15,16,17). The number of aromatic nitrogens is 2. The maximum Gasteiger partial charge on any atom is 0.266 e. The van der Waals surface area contributed by atoms with E-state index in [4.69, 9.17) is 5.26 Å². The van der Waals surface area contributed by atoms with Crippen LogP contribution in [0.25, 0.3) is 0 Å². The van der Waals surface area contributed by atoms with Crippen LogP contribution in [0.4, 0.5) is 0 Å². The van der Waals surface area contributed by atoms with E-state index in [1.165, 1.54) is 10.7 Å². The Kier molecular flexibility index (Phi) is 6.82. The van der Waals surface area contributed by atoms with Crippen molar-refractivity contribution < 1.29 is 0 Å². The summed E-state index contributed by atoms with van der Waals surface area (Å²) in [6.07, 6.45) is 3.48. The summed E-state index contributed by atoms with van der Waals surface area (Å²) in [5.74, 6) is 0.471. The molecule has 2 N–H and O–H groups in total. The summed E-state index contributed by atoms with van der Waals surface area (Å²) < 4.78 is 1.44. The van der Waals surface area contributed by atoms with Crippen molar-refractivity contribution in [3.63, 3.8) is 0 Å². The van der Waals surface area contributed by atoms with Crippen LogP contribution in [0.5, 0.6) is 0 Å². The van der Waals surface area contributed by atoms with Crippen LogP contribution in [-0.4, -0.2) is 28.8 Å². The van der Waals surface area contributed by atoms with E-state index < -0.39 is 0 Å². The SMILES string of the molecule is CCCN=C(NC#N)NCCCn1nc(C)ccc1=O. The third-order valence-corrected chi connectivity index (χ3v) is 2.51. The van der Waals surface area contributed by atoms with Gasteiger partial charge in [-0.2, -0.15) is 10.4 Å². The van der Waals surface area contributed by atoms with Crippen molar-refractivity contribution in [3.8, 4) is 6.19 Å². The Bertz CT molecular complexity index is 543. The molecule has 108 valence electrons. The van der Waals surface area contributed by atoms with E-state index in [2.05, 4.69) is 20.7 Å². The van der Waals surface area contributed by atoms with Gasteiger partial charge >= 0.3 is 0 Å². The van der Waals surface area contributed by atoms with Gasteiger partial charge in [0.15, 0.2) is 6.19 Å². The molecule has 1 heterocycles. The van der Waals surface area contributed by atoms with E-state index in [0.717, 1.165) is 12.1 Å². The number of guanidine groups is 1. The van der Waals surface area contributed by atoms with Gasteiger partial charge in [-0.25, -0.2) is 4.68 Å². The van der Waals surface area contributed by atoms with Gasteiger partial charge in [0.05, 0.1) is 5.69 Å². The van der Waals surface area contributed by atoms with Gasteiger partial charge in [-0.15, -0.1) is 0 Å². The Morgan fingerprint density at radius 2 is 2.35 bits per heavy atom. The molecule has 0 spiro atoms. The van der Waals surface area contributed by atoms with Gasteiger partial charge in [-0.05, 0) is 25.8 Å². The zero-order valence-corrected chi connectivity index (χ0v) is 11.9. The number of hydrogen-bond donors (Lipinski definition) is 2. The molecule has 0 atom stereocenters. The van der Waals surface area contributed by atoms with Crippen LogP contribution in [0.15, 0.2) is 21.9 Å². The average Bonchev–Trinajstić information content (AvgIpc) is 2.44. The van der Waals surface area contributed by atoms with E-state index in [1.807, 2.05) is 20.0 Å². The number of nitriles is 1. The first-order chi connectivity index (χ1) is 9.67. The maximum atomic E-state index is 11.5. The van der Waals surface area contributed by atoms with Gasteiger partial charge in [-0.3, -0.25) is 15.1 Å². The van der Waals surface area contributed by atoms with Crippen LogP contribution < -0.4 is 16.2 Å². The Morgan fingerprint density at radius 3 is 3.05 bits per heavy atom. The summed E-state index contributed by atoms with van der Waals surface area (Å²) in [4.78, 5) is 15.7. The first-order valence-electron chi connectivity index (χ1n) is 6.65. The summed E-state index contributed by atoms with van der Waals surface area (Å²) in [6.45, 7) is 5.67. The van der Waals surface area contributed by atoms with Crippen LogP contribution in [0, 0.1) is 18.4 Å². The quantitative estimate of drug-likeness (QED) is 0.257. The number of nitrogens with zero attached hydrogens (tertiary/aromatic N) is 4. The predicted molar refractivity (Wildman–Crippen MR) is 77.2 cm³/mol. The fourth-order valence-electron chi connectivity index (χ4n) is 1.56. The monoisotopic (exact) mass is 276 g/mol. The number of rotatable bonds is 6. The van der Waals surface area contributed by atoms with Crippen molar-refractivity contribution >= 4 is 5.96 Å². The third-order valence-electron chi connectivity index (χ3n) is 2.51. The number of aryl methyl sites for hydroxylation is 2. The van der Waals surface area contributed by atoms with Gasteiger partial charge in [-0.1, -0.05) is 6.92 Å². The van der Waals surface area contributed by atoms with Crippen LogP contribution in [0.1, 0.15) is 25.5 Å². The summed E-state index contributed by atoms with van der Waals surface area (Å²) in [5, 5.41) is 18.3. The minimum Gasteiger partial charge on any atom is -0.356 e. The van der Waals surface area contributed by atoms with Gasteiger partial charge in [0, 0.05) is 25.7 Å². The molecule has 1 aromatic heterocycles. The largest absolute Gasteiger partial charge is 0.356 e. The molecule has 1 rings (SSSR count). The second-order valence-corrected chi connectivity index (χ2v) is 4.28. The molecule has 0 radical (unpaired) electrons. The fourth-order valence-corrected chi connectivity index (χ4v) is 1.56. The highest BCUT2D eigenvalue weighted by molar-refractivity contribution is 5.81. The number of hydrogen-bond acceptors (Lipinski definition) is 4. The van der Waals surface area contributed by atoms with Crippen LogP contribution >= 0.6 is 0 Å². The Hall–Kier alpha value is -2.36. The molecule has 0 aliphatic carbocycles. The van der Waals surface area contributed by atoms with Gasteiger partial charge in [0.25, 0.3) is 5.56 Å². The zero-order chi connectivity index (χ0) is 14.8. The molecule has 0 saturated heterocycles. The second kappa shape index (κ2) is 8.69. The molecule has 0 unspecified atom stereocenters. The van der Waals surface area contributed by atoms with Crippen LogP contribution in [0.3, 0.4) is 0 Å². The highest BCUT2D eigenvalue weighted by Crippen LogP contribution is 1.88. The highest BCUT2D eigenvalue weighted by Gasteiger charge is 1.99. The number of nitrogens with one attached hydrogen (secondary N) is 2. The lowest BCUT2D eigenvalue weighted by atomic mass is 10.4. The first-order valence-corrected chi connectivity index (χ1v) is 6.65. The molecule has 0 fully saturated rings. The third kappa shape index (κ3) is 5.52. The highest BCUT2D eigenvalue weighted by atomic mass is 16.1. The number of aliphatic imine (C=N–C) groups is 1. The van der Waals surface area contributed by atoms with Crippen molar-refractivity contribution in [3.05, 3.63) is 28.2 Å². The smallest absolute Gasteiger partial charge is 0.266 e. The molecular weight excluding hydrogens is 256 g/mol. The minimum atomic E-state index is -0.106. The predicted octanol–water partition coefficient (Wildman–Crippen LogP) is 0.368. The Morgan fingerprint density at radius 1 is 1.55 bits per heavy atom. The first kappa shape index (κ1) is 15.7. The van der Waals surface area contributed by atoms with E-state index in [9.17, 15) is 4.79 Å². The molecule has 0 aromatic carbocycles.